The number of rotatable bonds is 3. The van der Waals surface area contributed by atoms with Gasteiger partial charge >= 0.3 is 0 Å². The zero-order valence-corrected chi connectivity index (χ0v) is 14.1. The second-order valence-corrected chi connectivity index (χ2v) is 6.04. The maximum absolute atomic E-state index is 12.6. The monoisotopic (exact) mass is 331 g/mol. The van der Waals surface area contributed by atoms with Gasteiger partial charge in [0.15, 0.2) is 0 Å². The lowest BCUT2D eigenvalue weighted by molar-refractivity contribution is -0.140. The van der Waals surface area contributed by atoms with E-state index in [0.29, 0.717) is 31.2 Å². The third-order valence-electron chi connectivity index (χ3n) is 4.02. The summed E-state index contributed by atoms with van der Waals surface area (Å²) in [7, 11) is 0. The summed E-state index contributed by atoms with van der Waals surface area (Å²) < 4.78 is 7.41. The van der Waals surface area contributed by atoms with Gasteiger partial charge in [0.2, 0.25) is 5.91 Å². The van der Waals surface area contributed by atoms with Crippen molar-refractivity contribution in [1.29, 1.82) is 0 Å². The third kappa shape index (κ3) is 3.53. The van der Waals surface area contributed by atoms with Gasteiger partial charge in [0.25, 0.3) is 5.56 Å². The number of aryl methyl sites for hydroxylation is 3. The predicted molar refractivity (Wildman–Crippen MR) is 86.6 cm³/mol. The lowest BCUT2D eigenvalue weighted by Gasteiger charge is -2.32. The molecule has 24 heavy (non-hydrogen) atoms. The highest BCUT2D eigenvalue weighted by Crippen LogP contribution is 2.20. The van der Waals surface area contributed by atoms with Gasteiger partial charge in [0.1, 0.15) is 18.5 Å². The van der Waals surface area contributed by atoms with Crippen molar-refractivity contribution in [2.24, 2.45) is 0 Å². The van der Waals surface area contributed by atoms with Gasteiger partial charge in [-0.2, -0.15) is 5.10 Å². The van der Waals surface area contributed by atoms with E-state index in [1.807, 2.05) is 19.9 Å². The maximum Gasteiger partial charge on any atom is 0.251 e. The molecule has 0 unspecified atom stereocenters. The lowest BCUT2D eigenvalue weighted by atomic mass is 10.2. The molecule has 1 N–H and O–H groups in total. The van der Waals surface area contributed by atoms with E-state index in [1.54, 1.807) is 16.5 Å². The Balaban J connectivity index is 1.72. The maximum atomic E-state index is 12.6. The first-order valence-corrected chi connectivity index (χ1v) is 7.90. The van der Waals surface area contributed by atoms with Crippen LogP contribution in [-0.2, 0) is 16.1 Å². The second kappa shape index (κ2) is 6.56. The first-order valence-electron chi connectivity index (χ1n) is 7.90. The summed E-state index contributed by atoms with van der Waals surface area (Å²) in [4.78, 5) is 32.8. The molecule has 1 aliphatic rings. The molecule has 8 heteroatoms. The lowest BCUT2D eigenvalue weighted by Crippen LogP contribution is -2.44. The molecular weight excluding hydrogens is 310 g/mol. The van der Waals surface area contributed by atoms with Crippen LogP contribution in [0.25, 0.3) is 0 Å². The van der Waals surface area contributed by atoms with E-state index in [2.05, 4.69) is 15.1 Å². The van der Waals surface area contributed by atoms with Gasteiger partial charge in [0, 0.05) is 18.3 Å². The number of nitrogens with one attached hydrogen (secondary N) is 1. The summed E-state index contributed by atoms with van der Waals surface area (Å²) in [5.41, 5.74) is 2.19. The van der Waals surface area contributed by atoms with Gasteiger partial charge in [-0.3, -0.25) is 14.3 Å². The number of ether oxygens (including phenoxy) is 1. The molecule has 0 aliphatic carbocycles. The summed E-state index contributed by atoms with van der Waals surface area (Å²) in [6.07, 6.45) is -0.385. The SMILES string of the molecule is Cc1cc(C)n(CC(=O)N2CCO[C@H](c3cc(=O)[nH]c(C)n3)C2)n1. The molecular formula is C16H21N5O3. The molecule has 1 amide bonds. The normalized spacial score (nSPS) is 18.0. The van der Waals surface area contributed by atoms with E-state index in [9.17, 15) is 9.59 Å². The van der Waals surface area contributed by atoms with Gasteiger partial charge in [-0.05, 0) is 26.8 Å². The van der Waals surface area contributed by atoms with Crippen molar-refractivity contribution in [3.63, 3.8) is 0 Å². The van der Waals surface area contributed by atoms with Crippen LogP contribution in [-0.4, -0.2) is 50.3 Å². The van der Waals surface area contributed by atoms with Crippen molar-refractivity contribution in [2.75, 3.05) is 19.7 Å². The molecule has 0 aromatic carbocycles. The predicted octanol–water partition coefficient (Wildman–Crippen LogP) is 0.492. The molecule has 128 valence electrons. The number of hydrogen-bond acceptors (Lipinski definition) is 5. The molecule has 2 aromatic heterocycles. The minimum atomic E-state index is -0.385. The van der Waals surface area contributed by atoms with Gasteiger partial charge < -0.3 is 14.6 Å². The molecule has 1 fully saturated rings. The number of morpholine rings is 1. The quantitative estimate of drug-likeness (QED) is 0.883. The second-order valence-electron chi connectivity index (χ2n) is 6.04. The Hall–Kier alpha value is -2.48. The summed E-state index contributed by atoms with van der Waals surface area (Å²) >= 11 is 0. The molecule has 3 rings (SSSR count). The topological polar surface area (TPSA) is 93.1 Å². The molecule has 1 saturated heterocycles. The first kappa shape index (κ1) is 16.4. The molecule has 1 atom stereocenters. The number of H-pyrrole nitrogens is 1. The number of hydrogen-bond donors (Lipinski definition) is 1. The average Bonchev–Trinajstić information content (AvgIpc) is 2.84. The molecule has 2 aromatic rings. The molecule has 0 saturated carbocycles. The Bertz CT molecular complexity index is 810. The van der Waals surface area contributed by atoms with Crippen molar-refractivity contribution in [2.45, 2.75) is 33.4 Å². The summed E-state index contributed by atoms with van der Waals surface area (Å²) in [5.74, 6) is 0.517. The number of carbonyl (C=O) groups is 1. The fourth-order valence-corrected chi connectivity index (χ4v) is 2.89. The molecule has 0 spiro atoms. The van der Waals surface area contributed by atoms with Crippen LogP contribution in [0.4, 0.5) is 0 Å². The number of nitrogens with zero attached hydrogens (tertiary/aromatic N) is 4. The number of carbonyl (C=O) groups excluding carboxylic acids is 1. The Morgan fingerprint density at radius 1 is 1.38 bits per heavy atom. The van der Waals surface area contributed by atoms with Gasteiger partial charge in [-0.25, -0.2) is 4.98 Å². The third-order valence-corrected chi connectivity index (χ3v) is 4.02. The number of amides is 1. The highest BCUT2D eigenvalue weighted by molar-refractivity contribution is 5.76. The minimum Gasteiger partial charge on any atom is -0.368 e. The number of aromatic amines is 1. The Morgan fingerprint density at radius 2 is 2.17 bits per heavy atom. The van der Waals surface area contributed by atoms with Crippen LogP contribution in [0.3, 0.4) is 0 Å². The standard InChI is InChI=1S/C16H21N5O3/c1-10-6-11(2)21(19-10)9-16(23)20-4-5-24-14(8-20)13-7-15(22)18-12(3)17-13/h6-7,14H,4-5,8-9H2,1-3H3,(H,17,18,22)/t14-/m0/s1. The van der Waals surface area contributed by atoms with Crippen molar-refractivity contribution >= 4 is 5.91 Å². The minimum absolute atomic E-state index is 0.0175. The van der Waals surface area contributed by atoms with Crippen LogP contribution in [0.15, 0.2) is 16.9 Å². The Labute approximate surface area is 139 Å². The molecule has 1 aliphatic heterocycles. The fourth-order valence-electron chi connectivity index (χ4n) is 2.89. The number of aromatic nitrogens is 4. The van der Waals surface area contributed by atoms with Crippen molar-refractivity contribution < 1.29 is 9.53 Å². The van der Waals surface area contributed by atoms with E-state index >= 15 is 0 Å². The first-order chi connectivity index (χ1) is 11.4. The molecule has 0 bridgehead atoms. The van der Waals surface area contributed by atoms with Crippen LogP contribution >= 0.6 is 0 Å². The van der Waals surface area contributed by atoms with Crippen LogP contribution in [0.5, 0.6) is 0 Å². The molecule has 8 nitrogen and oxygen atoms in total. The fraction of sp³-hybridized carbons (Fsp3) is 0.500. The van der Waals surface area contributed by atoms with Crippen molar-refractivity contribution in [3.8, 4) is 0 Å². The van der Waals surface area contributed by atoms with Crippen LogP contribution in [0.2, 0.25) is 0 Å². The van der Waals surface area contributed by atoms with E-state index in [4.69, 9.17) is 4.74 Å². The van der Waals surface area contributed by atoms with E-state index < -0.39 is 0 Å². The summed E-state index contributed by atoms with van der Waals surface area (Å²) in [5, 5.41) is 4.33. The van der Waals surface area contributed by atoms with Gasteiger partial charge in [-0.15, -0.1) is 0 Å². The highest BCUT2D eigenvalue weighted by atomic mass is 16.5. The zero-order valence-electron chi connectivity index (χ0n) is 14.1. The Morgan fingerprint density at radius 3 is 2.83 bits per heavy atom. The molecule has 3 heterocycles. The van der Waals surface area contributed by atoms with Gasteiger partial charge in [-0.1, -0.05) is 0 Å². The highest BCUT2D eigenvalue weighted by Gasteiger charge is 2.27. The van der Waals surface area contributed by atoms with Gasteiger partial charge in [0.05, 0.1) is 24.5 Å². The average molecular weight is 331 g/mol. The van der Waals surface area contributed by atoms with Crippen LogP contribution in [0, 0.1) is 20.8 Å². The van der Waals surface area contributed by atoms with E-state index in [0.717, 1.165) is 11.4 Å². The smallest absolute Gasteiger partial charge is 0.251 e. The largest absolute Gasteiger partial charge is 0.368 e. The summed E-state index contributed by atoms with van der Waals surface area (Å²) in [6.45, 7) is 7.08. The Kier molecular flexibility index (Phi) is 4.48. The van der Waals surface area contributed by atoms with Crippen molar-refractivity contribution in [1.82, 2.24) is 24.6 Å². The zero-order chi connectivity index (χ0) is 17.3. The van der Waals surface area contributed by atoms with Crippen LogP contribution < -0.4 is 5.56 Å². The molecule has 0 radical (unpaired) electrons. The van der Waals surface area contributed by atoms with E-state index in [1.165, 1.54) is 6.07 Å². The van der Waals surface area contributed by atoms with Crippen LogP contribution in [0.1, 0.15) is 29.0 Å². The van der Waals surface area contributed by atoms with E-state index in [-0.39, 0.29) is 24.1 Å². The summed E-state index contributed by atoms with van der Waals surface area (Å²) in [6, 6.07) is 3.37. The van der Waals surface area contributed by atoms with Crippen molar-refractivity contribution in [3.05, 3.63) is 45.4 Å².